The van der Waals surface area contributed by atoms with Crippen LogP contribution in [0.1, 0.15) is 39.0 Å². The Morgan fingerprint density at radius 3 is 2.55 bits per heavy atom. The van der Waals surface area contributed by atoms with Crippen LogP contribution in [0.15, 0.2) is 0 Å². The van der Waals surface area contributed by atoms with Crippen LogP contribution in [0.4, 0.5) is 0 Å². The molecule has 2 heteroatoms. The average molecular weight is 156 g/mol. The maximum absolute atomic E-state index is 10.4. The Morgan fingerprint density at radius 2 is 2.09 bits per heavy atom. The smallest absolute Gasteiger partial charge is 0.122 e. The van der Waals surface area contributed by atoms with Crippen LogP contribution in [0, 0.1) is 0 Å². The van der Waals surface area contributed by atoms with Crippen molar-refractivity contribution in [2.45, 2.75) is 44.6 Å². The minimum atomic E-state index is -0.0729. The fourth-order valence-electron chi connectivity index (χ4n) is 1.88. The molecule has 1 fully saturated rings. The van der Waals surface area contributed by atoms with Gasteiger partial charge in [-0.2, -0.15) is 0 Å². The number of hydrogen-bond acceptors (Lipinski definition) is 2. The lowest BCUT2D eigenvalue weighted by atomic mass is 9.99. The molecule has 0 bridgehead atoms. The molecule has 0 spiro atoms. The van der Waals surface area contributed by atoms with E-state index in [1.807, 2.05) is 6.92 Å². The summed E-state index contributed by atoms with van der Waals surface area (Å²) >= 11 is 0. The van der Waals surface area contributed by atoms with Crippen LogP contribution >= 0.6 is 0 Å². The average Bonchev–Trinajstić information content (AvgIpc) is 2.39. The van der Waals surface area contributed by atoms with Gasteiger partial charge in [0.25, 0.3) is 0 Å². The Labute approximate surface area is 67.9 Å². The Kier molecular flexibility index (Phi) is 3.06. The Morgan fingerprint density at radius 1 is 1.45 bits per heavy atom. The van der Waals surface area contributed by atoms with E-state index in [1.165, 1.54) is 12.8 Å². The first kappa shape index (κ1) is 8.72. The van der Waals surface area contributed by atoms with Crippen molar-refractivity contribution in [3.05, 3.63) is 0 Å². The SMILES string of the molecule is CCOC1(CC=O)CCCC1. The van der Waals surface area contributed by atoms with Gasteiger partial charge in [0.05, 0.1) is 5.60 Å². The second-order valence-electron chi connectivity index (χ2n) is 3.19. The van der Waals surface area contributed by atoms with Crippen molar-refractivity contribution in [1.29, 1.82) is 0 Å². The van der Waals surface area contributed by atoms with Gasteiger partial charge in [0.2, 0.25) is 0 Å². The van der Waals surface area contributed by atoms with Gasteiger partial charge in [-0.3, -0.25) is 0 Å². The summed E-state index contributed by atoms with van der Waals surface area (Å²) in [4.78, 5) is 10.4. The molecule has 0 radical (unpaired) electrons. The van der Waals surface area contributed by atoms with Gasteiger partial charge in [-0.1, -0.05) is 12.8 Å². The third-order valence-corrected chi connectivity index (χ3v) is 2.42. The molecular weight excluding hydrogens is 140 g/mol. The standard InChI is InChI=1S/C9H16O2/c1-2-11-9(7-8-10)5-3-4-6-9/h8H,2-7H2,1H3. The summed E-state index contributed by atoms with van der Waals surface area (Å²) in [5.41, 5.74) is -0.0729. The molecule has 0 N–H and O–H groups in total. The van der Waals surface area contributed by atoms with Crippen molar-refractivity contribution in [1.82, 2.24) is 0 Å². The molecule has 0 unspecified atom stereocenters. The van der Waals surface area contributed by atoms with Crippen LogP contribution in [0.2, 0.25) is 0 Å². The molecule has 0 amide bonds. The van der Waals surface area contributed by atoms with E-state index in [-0.39, 0.29) is 5.60 Å². The summed E-state index contributed by atoms with van der Waals surface area (Å²) in [5.74, 6) is 0. The highest BCUT2D eigenvalue weighted by molar-refractivity contribution is 5.51. The lowest BCUT2D eigenvalue weighted by Gasteiger charge is -2.26. The fraction of sp³-hybridized carbons (Fsp3) is 0.889. The van der Waals surface area contributed by atoms with Gasteiger partial charge in [-0.15, -0.1) is 0 Å². The van der Waals surface area contributed by atoms with E-state index in [0.29, 0.717) is 6.42 Å². The Bertz CT molecular complexity index is 126. The van der Waals surface area contributed by atoms with E-state index in [4.69, 9.17) is 4.74 Å². The van der Waals surface area contributed by atoms with Crippen molar-refractivity contribution in [3.63, 3.8) is 0 Å². The highest BCUT2D eigenvalue weighted by Gasteiger charge is 2.33. The van der Waals surface area contributed by atoms with Gasteiger partial charge >= 0.3 is 0 Å². The van der Waals surface area contributed by atoms with Crippen molar-refractivity contribution in [3.8, 4) is 0 Å². The van der Waals surface area contributed by atoms with Crippen LogP contribution < -0.4 is 0 Å². The van der Waals surface area contributed by atoms with Crippen molar-refractivity contribution < 1.29 is 9.53 Å². The van der Waals surface area contributed by atoms with Gasteiger partial charge in [0.1, 0.15) is 6.29 Å². The molecule has 0 atom stereocenters. The van der Waals surface area contributed by atoms with E-state index in [0.717, 1.165) is 25.7 Å². The minimum absolute atomic E-state index is 0.0729. The second kappa shape index (κ2) is 3.86. The number of ether oxygens (including phenoxy) is 1. The normalized spacial score (nSPS) is 21.9. The van der Waals surface area contributed by atoms with Crippen molar-refractivity contribution in [2.75, 3.05) is 6.61 Å². The Hall–Kier alpha value is -0.370. The number of carbonyl (C=O) groups excluding carboxylic acids is 1. The molecule has 64 valence electrons. The third kappa shape index (κ3) is 2.03. The van der Waals surface area contributed by atoms with E-state index in [1.54, 1.807) is 0 Å². The van der Waals surface area contributed by atoms with Crippen LogP contribution in [0.5, 0.6) is 0 Å². The second-order valence-corrected chi connectivity index (χ2v) is 3.19. The lowest BCUT2D eigenvalue weighted by molar-refractivity contribution is -0.115. The van der Waals surface area contributed by atoms with Gasteiger partial charge in [-0.25, -0.2) is 0 Å². The molecule has 1 aliphatic rings. The Balaban J connectivity index is 2.46. The monoisotopic (exact) mass is 156 g/mol. The molecule has 0 aromatic rings. The summed E-state index contributed by atoms with van der Waals surface area (Å²) in [6, 6.07) is 0. The maximum Gasteiger partial charge on any atom is 0.122 e. The summed E-state index contributed by atoms with van der Waals surface area (Å²) < 4.78 is 5.60. The summed E-state index contributed by atoms with van der Waals surface area (Å²) in [6.07, 6.45) is 6.14. The van der Waals surface area contributed by atoms with Crippen molar-refractivity contribution >= 4 is 6.29 Å². The zero-order chi connectivity index (χ0) is 8.16. The topological polar surface area (TPSA) is 26.3 Å². The van der Waals surface area contributed by atoms with Crippen molar-refractivity contribution in [2.24, 2.45) is 0 Å². The molecule has 1 rings (SSSR count). The van der Waals surface area contributed by atoms with Crippen LogP contribution in [0.3, 0.4) is 0 Å². The molecule has 1 aliphatic carbocycles. The van der Waals surface area contributed by atoms with Gasteiger partial charge in [0.15, 0.2) is 0 Å². The first-order valence-corrected chi connectivity index (χ1v) is 4.40. The lowest BCUT2D eigenvalue weighted by Crippen LogP contribution is -2.29. The van der Waals surface area contributed by atoms with E-state index < -0.39 is 0 Å². The largest absolute Gasteiger partial charge is 0.375 e. The van der Waals surface area contributed by atoms with Crippen LogP contribution in [0.25, 0.3) is 0 Å². The highest BCUT2D eigenvalue weighted by Crippen LogP contribution is 2.35. The first-order chi connectivity index (χ1) is 5.33. The summed E-state index contributed by atoms with van der Waals surface area (Å²) in [6.45, 7) is 2.72. The molecule has 0 aromatic carbocycles. The van der Waals surface area contributed by atoms with Gasteiger partial charge in [0, 0.05) is 13.0 Å². The summed E-state index contributed by atoms with van der Waals surface area (Å²) in [5, 5.41) is 0. The molecule has 1 saturated carbocycles. The molecular formula is C9H16O2. The first-order valence-electron chi connectivity index (χ1n) is 4.40. The highest BCUT2D eigenvalue weighted by atomic mass is 16.5. The third-order valence-electron chi connectivity index (χ3n) is 2.42. The fourth-order valence-corrected chi connectivity index (χ4v) is 1.88. The zero-order valence-corrected chi connectivity index (χ0v) is 7.14. The zero-order valence-electron chi connectivity index (χ0n) is 7.14. The maximum atomic E-state index is 10.4. The van der Waals surface area contributed by atoms with Gasteiger partial charge in [-0.05, 0) is 19.8 Å². The van der Waals surface area contributed by atoms with Gasteiger partial charge < -0.3 is 9.53 Å². The van der Waals surface area contributed by atoms with Crippen LogP contribution in [-0.4, -0.2) is 18.5 Å². The number of aldehydes is 1. The molecule has 0 heterocycles. The molecule has 0 aliphatic heterocycles. The predicted octanol–water partition coefficient (Wildman–Crippen LogP) is 1.92. The van der Waals surface area contributed by atoms with Crippen LogP contribution in [-0.2, 0) is 9.53 Å². The quantitative estimate of drug-likeness (QED) is 0.581. The molecule has 11 heavy (non-hydrogen) atoms. The van der Waals surface area contributed by atoms with E-state index in [9.17, 15) is 4.79 Å². The molecule has 0 aromatic heterocycles. The molecule has 0 saturated heterocycles. The molecule has 2 nitrogen and oxygen atoms in total. The van der Waals surface area contributed by atoms with E-state index >= 15 is 0 Å². The summed E-state index contributed by atoms with van der Waals surface area (Å²) in [7, 11) is 0. The number of carbonyl (C=O) groups is 1. The number of rotatable bonds is 4. The van der Waals surface area contributed by atoms with E-state index in [2.05, 4.69) is 0 Å². The minimum Gasteiger partial charge on any atom is -0.375 e. The number of hydrogen-bond donors (Lipinski definition) is 0. The predicted molar refractivity (Wildman–Crippen MR) is 43.5 cm³/mol.